The van der Waals surface area contributed by atoms with E-state index in [1.807, 2.05) is 86.6 Å². The SMILES string of the molecule is Cc1cc(OCc2ccccc2)c(C(=O)[C@H]2O[C@@H]2c2cnn(-c3ccccc3)n2)cc1C. The van der Waals surface area contributed by atoms with Gasteiger partial charge in [-0.25, -0.2) is 0 Å². The summed E-state index contributed by atoms with van der Waals surface area (Å²) in [4.78, 5) is 14.8. The Labute approximate surface area is 186 Å². The van der Waals surface area contributed by atoms with Gasteiger partial charge in [0.2, 0.25) is 0 Å². The van der Waals surface area contributed by atoms with Crippen molar-refractivity contribution in [1.29, 1.82) is 0 Å². The second kappa shape index (κ2) is 8.40. The smallest absolute Gasteiger partial charge is 0.198 e. The average Bonchev–Trinajstić information content (AvgIpc) is 3.48. The largest absolute Gasteiger partial charge is 0.488 e. The fraction of sp³-hybridized carbons (Fsp3) is 0.192. The van der Waals surface area contributed by atoms with E-state index in [0.29, 0.717) is 23.6 Å². The lowest BCUT2D eigenvalue weighted by Gasteiger charge is -2.13. The minimum atomic E-state index is -0.586. The number of carbonyl (C=O) groups is 1. The third kappa shape index (κ3) is 4.05. The maximum Gasteiger partial charge on any atom is 0.198 e. The van der Waals surface area contributed by atoms with Gasteiger partial charge >= 0.3 is 0 Å². The van der Waals surface area contributed by atoms with Crippen molar-refractivity contribution >= 4 is 5.78 Å². The molecule has 6 heteroatoms. The molecule has 1 saturated heterocycles. The molecule has 0 bridgehead atoms. The number of epoxide rings is 1. The zero-order chi connectivity index (χ0) is 22.1. The Morgan fingerprint density at radius 3 is 2.44 bits per heavy atom. The number of ether oxygens (including phenoxy) is 2. The molecule has 160 valence electrons. The molecule has 1 aliphatic rings. The topological polar surface area (TPSA) is 69.5 Å². The first-order chi connectivity index (χ1) is 15.6. The van der Waals surface area contributed by atoms with E-state index < -0.39 is 12.2 Å². The van der Waals surface area contributed by atoms with Crippen molar-refractivity contribution in [2.75, 3.05) is 0 Å². The van der Waals surface area contributed by atoms with Gasteiger partial charge in [-0.3, -0.25) is 4.79 Å². The van der Waals surface area contributed by atoms with Crippen molar-refractivity contribution in [3.05, 3.63) is 107 Å². The first-order valence-electron chi connectivity index (χ1n) is 10.6. The zero-order valence-electron chi connectivity index (χ0n) is 17.9. The number of hydrogen-bond donors (Lipinski definition) is 0. The average molecular weight is 425 g/mol. The van der Waals surface area contributed by atoms with Crippen LogP contribution < -0.4 is 4.74 Å². The fourth-order valence-corrected chi connectivity index (χ4v) is 3.62. The Hall–Kier alpha value is -3.77. The predicted molar refractivity (Wildman–Crippen MR) is 120 cm³/mol. The van der Waals surface area contributed by atoms with Crippen LogP contribution in [0.1, 0.15) is 38.8 Å². The molecule has 0 amide bonds. The van der Waals surface area contributed by atoms with Gasteiger partial charge in [-0.2, -0.15) is 15.0 Å². The van der Waals surface area contributed by atoms with E-state index >= 15 is 0 Å². The molecule has 5 rings (SSSR count). The summed E-state index contributed by atoms with van der Waals surface area (Å²) in [6.45, 7) is 4.39. The standard InChI is InChI=1S/C26H23N3O3/c1-17-13-21(23(14-18(17)2)31-16-19-9-5-3-6-10-19)24(30)26-25(32-26)22-15-27-29(28-22)20-11-7-4-8-12-20/h3-15,25-26H,16H2,1-2H3/t25-,26-/m1/s1. The third-order valence-electron chi connectivity index (χ3n) is 5.64. The molecule has 2 heterocycles. The molecule has 0 N–H and O–H groups in total. The number of carbonyl (C=O) groups excluding carboxylic acids is 1. The Bertz CT molecular complexity index is 1250. The number of rotatable bonds is 7. The molecule has 0 aliphatic carbocycles. The van der Waals surface area contributed by atoms with Gasteiger partial charge in [0, 0.05) is 0 Å². The molecule has 0 radical (unpaired) electrons. The Morgan fingerprint density at radius 2 is 1.69 bits per heavy atom. The van der Waals surface area contributed by atoms with Crippen LogP contribution in [-0.4, -0.2) is 26.9 Å². The number of hydrogen-bond acceptors (Lipinski definition) is 5. The van der Waals surface area contributed by atoms with Crippen molar-refractivity contribution in [3.8, 4) is 11.4 Å². The van der Waals surface area contributed by atoms with Gasteiger partial charge < -0.3 is 9.47 Å². The monoisotopic (exact) mass is 425 g/mol. The number of ketones is 1. The van der Waals surface area contributed by atoms with E-state index in [1.54, 1.807) is 11.0 Å². The van der Waals surface area contributed by atoms with Gasteiger partial charge in [0.1, 0.15) is 24.2 Å². The molecular weight excluding hydrogens is 402 g/mol. The summed E-state index contributed by atoms with van der Waals surface area (Å²) in [7, 11) is 0. The number of aryl methyl sites for hydroxylation is 2. The highest BCUT2D eigenvalue weighted by Gasteiger charge is 2.48. The van der Waals surface area contributed by atoms with Crippen molar-refractivity contribution in [3.63, 3.8) is 0 Å². The van der Waals surface area contributed by atoms with Gasteiger partial charge in [0.05, 0.1) is 17.4 Å². The van der Waals surface area contributed by atoms with Crippen LogP contribution in [0, 0.1) is 13.8 Å². The fourth-order valence-electron chi connectivity index (χ4n) is 3.62. The Kier molecular flexibility index (Phi) is 5.29. The van der Waals surface area contributed by atoms with Gasteiger partial charge in [0.25, 0.3) is 0 Å². The number of benzene rings is 3. The lowest BCUT2D eigenvalue weighted by Crippen LogP contribution is -2.12. The molecule has 1 aromatic heterocycles. The predicted octanol–water partition coefficient (Wildman–Crippen LogP) is 4.79. The molecule has 4 aromatic rings. The molecule has 32 heavy (non-hydrogen) atoms. The van der Waals surface area contributed by atoms with Gasteiger partial charge in [-0.05, 0) is 54.8 Å². The normalized spacial score (nSPS) is 17.2. The molecular formula is C26H23N3O3. The highest BCUT2D eigenvalue weighted by Crippen LogP contribution is 2.41. The van der Waals surface area contributed by atoms with E-state index in [1.165, 1.54) is 0 Å². The molecule has 0 saturated carbocycles. The van der Waals surface area contributed by atoms with Crippen molar-refractivity contribution in [2.45, 2.75) is 32.7 Å². The first kappa shape index (κ1) is 20.2. The maximum atomic E-state index is 13.3. The van der Waals surface area contributed by atoms with Crippen molar-refractivity contribution in [1.82, 2.24) is 15.0 Å². The number of para-hydroxylation sites is 1. The minimum Gasteiger partial charge on any atom is -0.488 e. The second-order valence-electron chi connectivity index (χ2n) is 7.94. The lowest BCUT2D eigenvalue weighted by atomic mass is 9.99. The summed E-state index contributed by atoms with van der Waals surface area (Å²) in [5.41, 5.74) is 5.18. The molecule has 2 atom stereocenters. The van der Waals surface area contributed by atoms with Gasteiger partial charge in [-0.15, -0.1) is 0 Å². The molecule has 0 spiro atoms. The summed E-state index contributed by atoms with van der Waals surface area (Å²) in [5.74, 6) is 0.472. The van der Waals surface area contributed by atoms with E-state index in [9.17, 15) is 4.79 Å². The van der Waals surface area contributed by atoms with E-state index in [0.717, 1.165) is 22.4 Å². The summed E-state index contributed by atoms with van der Waals surface area (Å²) in [6.07, 6.45) is 0.665. The van der Waals surface area contributed by atoms with Crippen molar-refractivity contribution in [2.24, 2.45) is 0 Å². The van der Waals surface area contributed by atoms with Crippen LogP contribution in [0.2, 0.25) is 0 Å². The minimum absolute atomic E-state index is 0.101. The highest BCUT2D eigenvalue weighted by molar-refractivity contribution is 6.03. The van der Waals surface area contributed by atoms with E-state index in [-0.39, 0.29) is 5.78 Å². The van der Waals surface area contributed by atoms with Crippen LogP contribution in [0.15, 0.2) is 79.0 Å². The first-order valence-corrected chi connectivity index (χ1v) is 10.6. The van der Waals surface area contributed by atoms with Gasteiger partial charge in [0.15, 0.2) is 11.9 Å². The molecule has 0 unspecified atom stereocenters. The van der Waals surface area contributed by atoms with Crippen LogP contribution in [0.5, 0.6) is 5.75 Å². The molecule has 1 aliphatic heterocycles. The van der Waals surface area contributed by atoms with Crippen LogP contribution in [0.25, 0.3) is 5.69 Å². The summed E-state index contributed by atoms with van der Waals surface area (Å²) in [5, 5.41) is 8.81. The Balaban J connectivity index is 1.35. The summed E-state index contributed by atoms with van der Waals surface area (Å²) in [6, 6.07) is 23.3. The second-order valence-corrected chi connectivity index (χ2v) is 7.94. The summed E-state index contributed by atoms with van der Waals surface area (Å²) >= 11 is 0. The van der Waals surface area contributed by atoms with Crippen LogP contribution >= 0.6 is 0 Å². The van der Waals surface area contributed by atoms with E-state index in [2.05, 4.69) is 10.2 Å². The van der Waals surface area contributed by atoms with Crippen molar-refractivity contribution < 1.29 is 14.3 Å². The van der Waals surface area contributed by atoms with Crippen LogP contribution in [0.4, 0.5) is 0 Å². The van der Waals surface area contributed by atoms with Crippen LogP contribution in [0.3, 0.4) is 0 Å². The number of aromatic nitrogens is 3. The van der Waals surface area contributed by atoms with Crippen LogP contribution in [-0.2, 0) is 11.3 Å². The lowest BCUT2D eigenvalue weighted by molar-refractivity contribution is 0.0949. The molecule has 3 aromatic carbocycles. The zero-order valence-corrected chi connectivity index (χ0v) is 17.9. The van der Waals surface area contributed by atoms with Gasteiger partial charge in [-0.1, -0.05) is 48.5 Å². The molecule has 6 nitrogen and oxygen atoms in total. The number of nitrogens with zero attached hydrogens (tertiary/aromatic N) is 3. The summed E-state index contributed by atoms with van der Waals surface area (Å²) < 4.78 is 11.8. The maximum absolute atomic E-state index is 13.3. The molecule has 1 fully saturated rings. The third-order valence-corrected chi connectivity index (χ3v) is 5.64. The number of Topliss-reactive ketones (excluding diaryl/α,β-unsaturated/α-hetero) is 1. The van der Waals surface area contributed by atoms with E-state index in [4.69, 9.17) is 9.47 Å². The Morgan fingerprint density at radius 1 is 1.00 bits per heavy atom. The highest BCUT2D eigenvalue weighted by atomic mass is 16.6. The quantitative estimate of drug-likeness (QED) is 0.315.